The Morgan fingerprint density at radius 2 is 1.54 bits per heavy atom. The Hall–Kier alpha value is -3.42. The van der Waals surface area contributed by atoms with Gasteiger partial charge in [-0.15, -0.1) is 0 Å². The maximum Gasteiger partial charge on any atom is 0.330 e. The maximum absolute atomic E-state index is 13.2. The fraction of sp³-hybridized carbons (Fsp3) is 0.200. The van der Waals surface area contributed by atoms with E-state index in [-0.39, 0.29) is 24.6 Å². The number of nitrogens with one attached hydrogen (secondary N) is 1. The summed E-state index contributed by atoms with van der Waals surface area (Å²) in [7, 11) is 0. The molecular formula is C20H20F2N4O2. The molecule has 2 aromatic carbocycles. The van der Waals surface area contributed by atoms with Crippen LogP contribution in [0.15, 0.2) is 70.3 Å². The van der Waals surface area contributed by atoms with Gasteiger partial charge in [0.05, 0.1) is 13.1 Å². The van der Waals surface area contributed by atoms with Crippen molar-refractivity contribution in [3.8, 4) is 0 Å². The quantitative estimate of drug-likeness (QED) is 0.653. The molecule has 0 saturated carbocycles. The van der Waals surface area contributed by atoms with Crippen molar-refractivity contribution >= 4 is 11.5 Å². The smallest absolute Gasteiger partial charge is 0.330 e. The molecule has 3 N–H and O–H groups in total. The first-order chi connectivity index (χ1) is 13.5. The van der Waals surface area contributed by atoms with Gasteiger partial charge < -0.3 is 10.6 Å². The van der Waals surface area contributed by atoms with E-state index in [9.17, 15) is 18.4 Å². The van der Waals surface area contributed by atoms with Gasteiger partial charge in [0.15, 0.2) is 0 Å². The first-order valence-electron chi connectivity index (χ1n) is 8.69. The number of hydrogen-bond donors (Lipinski definition) is 2. The van der Waals surface area contributed by atoms with Gasteiger partial charge in [0.1, 0.15) is 11.5 Å². The standard InChI is InChI=1S/C20H20F2N4O2/c21-16(22)13-25(11-14-7-3-1-4-8-14)17-18(23)26(20(28)24-19(17)27)12-15-9-5-2-6-10-15/h1-10,16H,11-13,23H2,(H,24,27,28). The van der Waals surface area contributed by atoms with E-state index in [2.05, 4.69) is 4.98 Å². The predicted molar refractivity (Wildman–Crippen MR) is 105 cm³/mol. The predicted octanol–water partition coefficient (Wildman–Crippen LogP) is 2.44. The van der Waals surface area contributed by atoms with Gasteiger partial charge in [-0.05, 0) is 11.1 Å². The Bertz CT molecular complexity index is 1030. The molecule has 0 unspecified atom stereocenters. The lowest BCUT2D eigenvalue weighted by Crippen LogP contribution is -2.40. The van der Waals surface area contributed by atoms with Crippen LogP contribution in [0.3, 0.4) is 0 Å². The minimum atomic E-state index is -2.68. The van der Waals surface area contributed by atoms with E-state index in [0.717, 1.165) is 11.1 Å². The van der Waals surface area contributed by atoms with Crippen molar-refractivity contribution in [3.05, 3.63) is 92.6 Å². The van der Waals surface area contributed by atoms with E-state index < -0.39 is 24.2 Å². The molecule has 146 valence electrons. The van der Waals surface area contributed by atoms with Crippen LogP contribution in [0, 0.1) is 0 Å². The Balaban J connectivity index is 2.05. The lowest BCUT2D eigenvalue weighted by molar-refractivity contribution is 0.154. The molecule has 28 heavy (non-hydrogen) atoms. The summed E-state index contributed by atoms with van der Waals surface area (Å²) < 4.78 is 27.6. The summed E-state index contributed by atoms with van der Waals surface area (Å²) in [5, 5.41) is 0. The Kier molecular flexibility index (Phi) is 5.88. The van der Waals surface area contributed by atoms with Crippen LogP contribution >= 0.6 is 0 Å². The summed E-state index contributed by atoms with van der Waals surface area (Å²) in [5.74, 6) is -0.144. The number of nitrogens with two attached hydrogens (primary N) is 1. The molecule has 0 saturated heterocycles. The zero-order chi connectivity index (χ0) is 20.1. The largest absolute Gasteiger partial charge is 0.383 e. The van der Waals surface area contributed by atoms with Gasteiger partial charge in [-0.3, -0.25) is 14.3 Å². The van der Waals surface area contributed by atoms with Gasteiger partial charge >= 0.3 is 5.69 Å². The number of nitrogens with zero attached hydrogens (tertiary/aromatic N) is 2. The van der Waals surface area contributed by atoms with Gasteiger partial charge in [0.25, 0.3) is 12.0 Å². The molecule has 0 radical (unpaired) electrons. The fourth-order valence-electron chi connectivity index (χ4n) is 3.01. The SMILES string of the molecule is Nc1c(N(Cc2ccccc2)CC(F)F)c(=O)[nH]c(=O)n1Cc1ccccc1. The highest BCUT2D eigenvalue weighted by atomic mass is 19.3. The second-order valence-corrected chi connectivity index (χ2v) is 6.32. The van der Waals surface area contributed by atoms with Gasteiger partial charge in [-0.25, -0.2) is 13.6 Å². The number of alkyl halides is 2. The normalized spacial score (nSPS) is 11.0. The molecule has 3 rings (SSSR count). The van der Waals surface area contributed by atoms with Crippen LogP contribution in [-0.2, 0) is 13.1 Å². The molecule has 0 spiro atoms. The molecule has 3 aromatic rings. The van der Waals surface area contributed by atoms with E-state index in [4.69, 9.17) is 5.73 Å². The molecule has 0 bridgehead atoms. The number of halogens is 2. The second-order valence-electron chi connectivity index (χ2n) is 6.32. The van der Waals surface area contributed by atoms with Gasteiger partial charge in [0, 0.05) is 6.54 Å². The van der Waals surface area contributed by atoms with Crippen LogP contribution in [0.5, 0.6) is 0 Å². The van der Waals surface area contributed by atoms with Gasteiger partial charge in [-0.2, -0.15) is 0 Å². The van der Waals surface area contributed by atoms with Crippen molar-refractivity contribution in [2.75, 3.05) is 17.2 Å². The molecule has 0 aliphatic heterocycles. The van der Waals surface area contributed by atoms with Crippen molar-refractivity contribution in [2.45, 2.75) is 19.5 Å². The third kappa shape index (κ3) is 4.46. The van der Waals surface area contributed by atoms with E-state index in [1.807, 2.05) is 24.3 Å². The Morgan fingerprint density at radius 1 is 0.964 bits per heavy atom. The van der Waals surface area contributed by atoms with Crippen LogP contribution in [0.1, 0.15) is 11.1 Å². The van der Waals surface area contributed by atoms with Crippen molar-refractivity contribution in [2.24, 2.45) is 0 Å². The number of aromatic nitrogens is 2. The molecule has 1 heterocycles. The van der Waals surface area contributed by atoms with Crippen LogP contribution in [0.25, 0.3) is 0 Å². The molecule has 1 aromatic heterocycles. The number of benzene rings is 2. The van der Waals surface area contributed by atoms with Crippen molar-refractivity contribution in [1.82, 2.24) is 9.55 Å². The summed E-state index contributed by atoms with van der Waals surface area (Å²) in [6.45, 7) is -0.517. The zero-order valence-corrected chi connectivity index (χ0v) is 15.0. The number of H-pyrrole nitrogens is 1. The topological polar surface area (TPSA) is 84.1 Å². The first-order valence-corrected chi connectivity index (χ1v) is 8.69. The number of anilines is 2. The van der Waals surface area contributed by atoms with Gasteiger partial charge in [0.2, 0.25) is 0 Å². The molecule has 0 aliphatic rings. The molecule has 0 fully saturated rings. The number of nitrogen functional groups attached to an aromatic ring is 1. The highest BCUT2D eigenvalue weighted by molar-refractivity contribution is 5.62. The molecule has 0 amide bonds. The first kappa shape index (κ1) is 19.3. The van der Waals surface area contributed by atoms with Gasteiger partial charge in [-0.1, -0.05) is 60.7 Å². The van der Waals surface area contributed by atoms with Crippen LogP contribution in [-0.4, -0.2) is 22.5 Å². The average Bonchev–Trinajstić information content (AvgIpc) is 2.66. The second kappa shape index (κ2) is 8.51. The highest BCUT2D eigenvalue weighted by Gasteiger charge is 2.22. The van der Waals surface area contributed by atoms with E-state index in [0.29, 0.717) is 0 Å². The lowest BCUT2D eigenvalue weighted by atomic mass is 10.2. The maximum atomic E-state index is 13.2. The summed E-state index contributed by atoms with van der Waals surface area (Å²) in [4.78, 5) is 28.1. The molecule has 0 aliphatic carbocycles. The highest BCUT2D eigenvalue weighted by Crippen LogP contribution is 2.21. The number of hydrogen-bond acceptors (Lipinski definition) is 4. The van der Waals surface area contributed by atoms with Crippen molar-refractivity contribution in [1.29, 1.82) is 0 Å². The number of rotatable bonds is 7. The minimum Gasteiger partial charge on any atom is -0.383 e. The molecule has 8 heteroatoms. The van der Waals surface area contributed by atoms with Crippen molar-refractivity contribution < 1.29 is 8.78 Å². The van der Waals surface area contributed by atoms with E-state index >= 15 is 0 Å². The summed E-state index contributed by atoms with van der Waals surface area (Å²) in [6, 6.07) is 17.9. The number of aromatic amines is 1. The van der Waals surface area contributed by atoms with Crippen LogP contribution in [0.4, 0.5) is 20.3 Å². The molecular weight excluding hydrogens is 366 g/mol. The third-order valence-corrected chi connectivity index (χ3v) is 4.29. The summed E-state index contributed by atoms with van der Waals surface area (Å²) >= 11 is 0. The summed E-state index contributed by atoms with van der Waals surface area (Å²) in [6.07, 6.45) is -2.68. The zero-order valence-electron chi connectivity index (χ0n) is 15.0. The fourth-order valence-corrected chi connectivity index (χ4v) is 3.01. The third-order valence-electron chi connectivity index (χ3n) is 4.29. The van der Waals surface area contributed by atoms with E-state index in [1.165, 1.54) is 9.47 Å². The van der Waals surface area contributed by atoms with Crippen LogP contribution < -0.4 is 21.9 Å². The monoisotopic (exact) mass is 386 g/mol. The molecule has 0 atom stereocenters. The van der Waals surface area contributed by atoms with Crippen molar-refractivity contribution in [3.63, 3.8) is 0 Å². The Morgan fingerprint density at radius 3 is 2.11 bits per heavy atom. The minimum absolute atomic E-state index is 0.0575. The van der Waals surface area contributed by atoms with E-state index in [1.54, 1.807) is 36.4 Å². The summed E-state index contributed by atoms with van der Waals surface area (Å²) in [5.41, 5.74) is 6.03. The lowest BCUT2D eigenvalue weighted by Gasteiger charge is -2.26. The van der Waals surface area contributed by atoms with Crippen LogP contribution in [0.2, 0.25) is 0 Å². The Labute approximate surface area is 159 Å². The molecule has 6 nitrogen and oxygen atoms in total. The average molecular weight is 386 g/mol.